The number of imidazole rings is 1. The zero-order valence-electron chi connectivity index (χ0n) is 14.6. The second-order valence-corrected chi connectivity index (χ2v) is 6.90. The van der Waals surface area contributed by atoms with Gasteiger partial charge in [0.05, 0.1) is 15.7 Å². The predicted octanol–water partition coefficient (Wildman–Crippen LogP) is 4.00. The second kappa shape index (κ2) is 7.98. The molecule has 3 aromatic rings. The van der Waals surface area contributed by atoms with Crippen LogP contribution in [-0.2, 0) is 11.2 Å². The first-order chi connectivity index (χ1) is 12.4. The summed E-state index contributed by atoms with van der Waals surface area (Å²) in [5, 5.41) is 3.87. The molecule has 1 aromatic carbocycles. The molecule has 0 radical (unpaired) electrons. The molecule has 0 aliphatic rings. The summed E-state index contributed by atoms with van der Waals surface area (Å²) in [6, 6.07) is 7.44. The number of benzene rings is 1. The van der Waals surface area contributed by atoms with Gasteiger partial charge in [0.2, 0.25) is 0 Å². The number of hydrogen-bond acceptors (Lipinski definition) is 3. The van der Waals surface area contributed by atoms with Gasteiger partial charge in [-0.05, 0) is 37.1 Å². The molecule has 5 nitrogen and oxygen atoms in total. The monoisotopic (exact) mass is 391 g/mol. The van der Waals surface area contributed by atoms with E-state index in [2.05, 4.69) is 10.3 Å². The van der Waals surface area contributed by atoms with Crippen molar-refractivity contribution in [3.8, 4) is 5.75 Å². The van der Waals surface area contributed by atoms with Crippen LogP contribution in [0.3, 0.4) is 0 Å². The molecular weight excluding hydrogens is 373 g/mol. The van der Waals surface area contributed by atoms with Gasteiger partial charge >= 0.3 is 0 Å². The van der Waals surface area contributed by atoms with Crippen LogP contribution in [0.1, 0.15) is 16.8 Å². The van der Waals surface area contributed by atoms with Crippen LogP contribution in [-0.4, -0.2) is 28.4 Å². The lowest BCUT2D eigenvalue weighted by Crippen LogP contribution is -2.30. The van der Waals surface area contributed by atoms with E-state index in [1.807, 2.05) is 38.2 Å². The van der Waals surface area contributed by atoms with Crippen LogP contribution >= 0.6 is 23.2 Å². The number of pyridine rings is 1. The van der Waals surface area contributed by atoms with Crippen molar-refractivity contribution in [2.45, 2.75) is 20.3 Å². The zero-order chi connectivity index (χ0) is 18.7. The van der Waals surface area contributed by atoms with Crippen LogP contribution in [0.2, 0.25) is 10.0 Å². The topological polar surface area (TPSA) is 55.6 Å². The summed E-state index contributed by atoms with van der Waals surface area (Å²) in [6.45, 7) is 4.43. The highest BCUT2D eigenvalue weighted by molar-refractivity contribution is 6.36. The number of aromatic nitrogens is 2. The van der Waals surface area contributed by atoms with Crippen molar-refractivity contribution in [3.05, 3.63) is 63.5 Å². The van der Waals surface area contributed by atoms with Crippen molar-refractivity contribution in [1.82, 2.24) is 14.7 Å². The summed E-state index contributed by atoms with van der Waals surface area (Å²) < 4.78 is 7.38. The molecule has 0 bridgehead atoms. The molecule has 3 rings (SSSR count). The van der Waals surface area contributed by atoms with Crippen molar-refractivity contribution in [2.75, 3.05) is 13.2 Å². The summed E-state index contributed by atoms with van der Waals surface area (Å²) >= 11 is 12.1. The lowest BCUT2D eigenvalue weighted by Gasteiger charge is -2.10. The molecule has 2 heterocycles. The molecule has 0 saturated carbocycles. The molecule has 0 unspecified atom stereocenters. The fourth-order valence-electron chi connectivity index (χ4n) is 2.60. The van der Waals surface area contributed by atoms with Crippen molar-refractivity contribution in [2.24, 2.45) is 0 Å². The third-order valence-corrected chi connectivity index (χ3v) is 4.62. The molecular formula is C19H19Cl2N3O2. The summed E-state index contributed by atoms with van der Waals surface area (Å²) in [5.41, 5.74) is 3.65. The van der Waals surface area contributed by atoms with E-state index in [0.717, 1.165) is 22.6 Å². The minimum absolute atomic E-state index is 0.0170. The molecule has 26 heavy (non-hydrogen) atoms. The Kier molecular flexibility index (Phi) is 5.69. The van der Waals surface area contributed by atoms with Crippen LogP contribution in [0, 0.1) is 13.8 Å². The third kappa shape index (κ3) is 4.29. The van der Waals surface area contributed by atoms with Crippen molar-refractivity contribution in [3.63, 3.8) is 0 Å². The minimum atomic E-state index is -0.171. The average Bonchev–Trinajstić information content (AvgIpc) is 2.99. The normalized spacial score (nSPS) is 10.9. The fraction of sp³-hybridized carbons (Fsp3) is 0.263. The molecule has 1 N–H and O–H groups in total. The molecule has 0 aliphatic heterocycles. The van der Waals surface area contributed by atoms with E-state index in [-0.39, 0.29) is 12.5 Å². The number of amides is 1. The first-order valence-corrected chi connectivity index (χ1v) is 8.98. The lowest BCUT2D eigenvalue weighted by molar-refractivity contribution is -0.123. The summed E-state index contributed by atoms with van der Waals surface area (Å²) in [6.07, 6.45) is 4.19. The zero-order valence-corrected chi connectivity index (χ0v) is 16.1. The highest BCUT2D eigenvalue weighted by atomic mass is 35.5. The molecule has 0 saturated heterocycles. The summed E-state index contributed by atoms with van der Waals surface area (Å²) in [7, 11) is 0. The summed E-state index contributed by atoms with van der Waals surface area (Å²) in [5.74, 6) is 0.558. The first-order valence-electron chi connectivity index (χ1n) is 8.22. The van der Waals surface area contributed by atoms with Crippen molar-refractivity contribution in [1.29, 1.82) is 0 Å². The molecule has 7 heteroatoms. The maximum Gasteiger partial charge on any atom is 0.257 e. The Bertz CT molecular complexity index is 953. The largest absolute Gasteiger partial charge is 0.483 e. The SMILES string of the molecule is Cc1cccc(OCC(=O)NCCc2cn3cc(Cl)cc(Cl)c3n2)c1C. The van der Waals surface area contributed by atoms with Crippen LogP contribution in [0.4, 0.5) is 0 Å². The Morgan fingerprint density at radius 2 is 2.08 bits per heavy atom. The summed E-state index contributed by atoms with van der Waals surface area (Å²) in [4.78, 5) is 16.4. The Morgan fingerprint density at radius 3 is 2.88 bits per heavy atom. The number of ether oxygens (including phenoxy) is 1. The van der Waals surface area contributed by atoms with Gasteiger partial charge < -0.3 is 14.5 Å². The molecule has 0 spiro atoms. The van der Waals surface area contributed by atoms with Gasteiger partial charge in [0, 0.05) is 25.4 Å². The number of fused-ring (bicyclic) bond motifs is 1. The van der Waals surface area contributed by atoms with Crippen LogP contribution in [0.5, 0.6) is 5.75 Å². The van der Waals surface area contributed by atoms with E-state index in [1.54, 1.807) is 16.7 Å². The van der Waals surface area contributed by atoms with Crippen LogP contribution in [0.25, 0.3) is 5.65 Å². The smallest absolute Gasteiger partial charge is 0.257 e. The van der Waals surface area contributed by atoms with E-state index in [9.17, 15) is 4.79 Å². The van der Waals surface area contributed by atoms with Crippen molar-refractivity contribution >= 4 is 34.8 Å². The van der Waals surface area contributed by atoms with Gasteiger partial charge in [0.1, 0.15) is 5.75 Å². The third-order valence-electron chi connectivity index (χ3n) is 4.14. The molecule has 0 aliphatic carbocycles. The van der Waals surface area contributed by atoms with Gasteiger partial charge in [-0.2, -0.15) is 0 Å². The maximum absolute atomic E-state index is 12.0. The van der Waals surface area contributed by atoms with Gasteiger partial charge in [-0.15, -0.1) is 0 Å². The van der Waals surface area contributed by atoms with Gasteiger partial charge in [-0.1, -0.05) is 35.3 Å². The fourth-order valence-corrected chi connectivity index (χ4v) is 3.13. The number of nitrogens with one attached hydrogen (secondary N) is 1. The molecule has 0 fully saturated rings. The maximum atomic E-state index is 12.0. The number of carbonyl (C=O) groups is 1. The first kappa shape index (κ1) is 18.5. The highest BCUT2D eigenvalue weighted by Gasteiger charge is 2.09. The Hall–Kier alpha value is -2.24. The van der Waals surface area contributed by atoms with Gasteiger partial charge in [0.25, 0.3) is 5.91 Å². The van der Waals surface area contributed by atoms with E-state index >= 15 is 0 Å². The molecule has 2 aromatic heterocycles. The van der Waals surface area contributed by atoms with Gasteiger partial charge in [-0.3, -0.25) is 4.79 Å². The number of rotatable bonds is 6. The Morgan fingerprint density at radius 1 is 1.27 bits per heavy atom. The number of carbonyl (C=O) groups excluding carboxylic acids is 1. The van der Waals surface area contributed by atoms with Gasteiger partial charge in [0.15, 0.2) is 12.3 Å². The molecule has 136 valence electrons. The lowest BCUT2D eigenvalue weighted by atomic mass is 10.1. The number of halogens is 2. The Labute approximate surface area is 161 Å². The van der Waals surface area contributed by atoms with Gasteiger partial charge in [-0.25, -0.2) is 4.98 Å². The quantitative estimate of drug-likeness (QED) is 0.690. The molecule has 0 atom stereocenters. The van der Waals surface area contributed by atoms with E-state index < -0.39 is 0 Å². The predicted molar refractivity (Wildman–Crippen MR) is 103 cm³/mol. The standard InChI is InChI=1S/C19H19Cl2N3O2/c1-12-4-3-5-17(13(12)2)26-11-18(25)22-7-6-15-10-24-9-14(20)8-16(21)19(24)23-15/h3-5,8-10H,6-7,11H2,1-2H3,(H,22,25). The Balaban J connectivity index is 1.51. The van der Waals surface area contributed by atoms with E-state index in [1.165, 1.54) is 0 Å². The van der Waals surface area contributed by atoms with E-state index in [4.69, 9.17) is 27.9 Å². The van der Waals surface area contributed by atoms with Crippen molar-refractivity contribution < 1.29 is 9.53 Å². The van der Waals surface area contributed by atoms with E-state index in [0.29, 0.717) is 28.7 Å². The number of nitrogens with zero attached hydrogens (tertiary/aromatic N) is 2. The van der Waals surface area contributed by atoms with Crippen LogP contribution in [0.15, 0.2) is 36.7 Å². The van der Waals surface area contributed by atoms with Crippen LogP contribution < -0.4 is 10.1 Å². The number of hydrogen-bond donors (Lipinski definition) is 1. The minimum Gasteiger partial charge on any atom is -0.483 e. The highest BCUT2D eigenvalue weighted by Crippen LogP contribution is 2.22. The second-order valence-electron chi connectivity index (χ2n) is 6.06. The number of aryl methyl sites for hydroxylation is 1. The average molecular weight is 392 g/mol. The molecule has 1 amide bonds.